The van der Waals surface area contributed by atoms with E-state index in [1.165, 1.54) is 0 Å². The molecule has 0 fully saturated rings. The van der Waals surface area contributed by atoms with Crippen molar-refractivity contribution in [3.8, 4) is 0 Å². The lowest BCUT2D eigenvalue weighted by molar-refractivity contribution is 0.580. The monoisotopic (exact) mass is 399 g/mol. The summed E-state index contributed by atoms with van der Waals surface area (Å²) in [7, 11) is -4.44. The fraction of sp³-hybridized carbons (Fsp3) is 0. The van der Waals surface area contributed by atoms with Crippen LogP contribution in [0, 0.1) is 17.5 Å². The minimum absolute atomic E-state index is 0.101. The molecule has 0 saturated heterocycles. The highest BCUT2D eigenvalue weighted by molar-refractivity contribution is 9.10. The van der Waals surface area contributed by atoms with Crippen LogP contribution in [0.1, 0.15) is 0 Å². The molecule has 0 atom stereocenters. The Labute approximate surface area is 131 Å². The van der Waals surface area contributed by atoms with Gasteiger partial charge in [0.1, 0.15) is 16.4 Å². The van der Waals surface area contributed by atoms with Crippen LogP contribution in [0.25, 0.3) is 0 Å². The predicted molar refractivity (Wildman–Crippen MR) is 76.3 cm³/mol. The Balaban J connectivity index is 2.50. The van der Waals surface area contributed by atoms with E-state index in [2.05, 4.69) is 15.9 Å². The number of halogens is 5. The van der Waals surface area contributed by atoms with Crippen LogP contribution in [0.4, 0.5) is 18.9 Å². The summed E-state index contributed by atoms with van der Waals surface area (Å²) < 4.78 is 66.3. The second-order valence-corrected chi connectivity index (χ2v) is 6.90. The topological polar surface area (TPSA) is 46.2 Å². The third kappa shape index (κ3) is 3.50. The first-order valence-corrected chi connectivity index (χ1v) is 7.98. The predicted octanol–water partition coefficient (Wildman–Crippen LogP) is 4.32. The molecule has 0 amide bonds. The Morgan fingerprint density at radius 3 is 2.19 bits per heavy atom. The second-order valence-electron chi connectivity index (χ2n) is 3.92. The summed E-state index contributed by atoms with van der Waals surface area (Å²) in [4.78, 5) is -0.620. The summed E-state index contributed by atoms with van der Waals surface area (Å²) in [5.41, 5.74) is -0.876. The molecule has 0 saturated carbocycles. The van der Waals surface area contributed by atoms with Gasteiger partial charge in [-0.25, -0.2) is 21.6 Å². The van der Waals surface area contributed by atoms with Gasteiger partial charge in [-0.05, 0) is 30.3 Å². The molecule has 0 aliphatic carbocycles. The first kappa shape index (κ1) is 16.1. The third-order valence-electron chi connectivity index (χ3n) is 2.43. The van der Waals surface area contributed by atoms with E-state index >= 15 is 0 Å². The van der Waals surface area contributed by atoms with E-state index in [1.54, 1.807) is 4.72 Å². The molecule has 112 valence electrons. The number of benzene rings is 2. The van der Waals surface area contributed by atoms with Crippen molar-refractivity contribution in [3.63, 3.8) is 0 Å². The Morgan fingerprint density at radius 1 is 1.05 bits per heavy atom. The highest BCUT2D eigenvalue weighted by Crippen LogP contribution is 2.28. The molecule has 0 unspecified atom stereocenters. The summed E-state index contributed by atoms with van der Waals surface area (Å²) in [5, 5.41) is -0.276. The molecule has 3 nitrogen and oxygen atoms in total. The van der Waals surface area contributed by atoms with Gasteiger partial charge in [0, 0.05) is 4.47 Å². The minimum atomic E-state index is -4.44. The summed E-state index contributed by atoms with van der Waals surface area (Å²) in [6, 6.07) is 4.41. The molecule has 0 bridgehead atoms. The van der Waals surface area contributed by atoms with E-state index in [0.29, 0.717) is 6.07 Å². The Kier molecular flexibility index (Phi) is 4.50. The number of anilines is 1. The van der Waals surface area contributed by atoms with Crippen molar-refractivity contribution < 1.29 is 21.6 Å². The van der Waals surface area contributed by atoms with Gasteiger partial charge in [-0.15, -0.1) is 0 Å². The molecular formula is C12H6BrClF3NO2S. The molecule has 0 aromatic heterocycles. The first-order chi connectivity index (χ1) is 9.70. The largest absolute Gasteiger partial charge is 0.274 e. The normalized spacial score (nSPS) is 11.5. The van der Waals surface area contributed by atoms with Gasteiger partial charge in [-0.2, -0.15) is 0 Å². The van der Waals surface area contributed by atoms with E-state index < -0.39 is 38.1 Å². The maximum Gasteiger partial charge on any atom is 0.263 e. The summed E-state index contributed by atoms with van der Waals surface area (Å²) >= 11 is 8.54. The SMILES string of the molecule is O=S(=O)(Nc1c(F)cc(Br)cc1F)c1cc(F)ccc1Cl. The average Bonchev–Trinajstić information content (AvgIpc) is 2.36. The maximum absolute atomic E-state index is 13.6. The summed E-state index contributed by atoms with van der Waals surface area (Å²) in [6.45, 7) is 0. The number of nitrogens with one attached hydrogen (secondary N) is 1. The van der Waals surface area contributed by atoms with Crippen molar-refractivity contribution >= 4 is 43.2 Å². The first-order valence-electron chi connectivity index (χ1n) is 5.33. The van der Waals surface area contributed by atoms with Gasteiger partial charge in [-0.1, -0.05) is 27.5 Å². The zero-order valence-electron chi connectivity index (χ0n) is 10.0. The molecule has 0 spiro atoms. The quantitative estimate of drug-likeness (QED) is 0.834. The van der Waals surface area contributed by atoms with Gasteiger partial charge in [0.15, 0.2) is 11.6 Å². The molecule has 0 aliphatic rings. The number of hydrogen-bond donors (Lipinski definition) is 1. The molecule has 1 N–H and O–H groups in total. The average molecular weight is 401 g/mol. The highest BCUT2D eigenvalue weighted by atomic mass is 79.9. The molecule has 9 heteroatoms. The van der Waals surface area contributed by atoms with Crippen molar-refractivity contribution in [3.05, 3.63) is 57.3 Å². The second kappa shape index (κ2) is 5.86. The van der Waals surface area contributed by atoms with Gasteiger partial charge in [0.05, 0.1) is 5.02 Å². The van der Waals surface area contributed by atoms with Crippen LogP contribution in [-0.2, 0) is 10.0 Å². The zero-order chi connectivity index (χ0) is 15.8. The van der Waals surface area contributed by atoms with Gasteiger partial charge < -0.3 is 0 Å². The fourth-order valence-corrected chi connectivity index (χ4v) is 3.50. The molecule has 0 heterocycles. The van der Waals surface area contributed by atoms with E-state index in [1.807, 2.05) is 0 Å². The molecule has 21 heavy (non-hydrogen) atoms. The lowest BCUT2D eigenvalue weighted by Gasteiger charge is -2.11. The van der Waals surface area contributed by atoms with Crippen molar-refractivity contribution in [1.29, 1.82) is 0 Å². The van der Waals surface area contributed by atoms with Crippen LogP contribution >= 0.6 is 27.5 Å². The standard InChI is InChI=1S/C12H6BrClF3NO2S/c13-6-3-9(16)12(10(17)4-6)18-21(19,20)11-5-7(15)1-2-8(11)14/h1-5,18H. The molecule has 0 radical (unpaired) electrons. The van der Waals surface area contributed by atoms with Gasteiger partial charge >= 0.3 is 0 Å². The molecular weight excluding hydrogens is 395 g/mol. The third-order valence-corrected chi connectivity index (χ3v) is 4.72. The number of rotatable bonds is 3. The summed E-state index contributed by atoms with van der Waals surface area (Å²) in [5.74, 6) is -3.10. The van der Waals surface area contributed by atoms with Gasteiger partial charge in [0.2, 0.25) is 0 Å². The zero-order valence-corrected chi connectivity index (χ0v) is 13.2. The van der Waals surface area contributed by atoms with Crippen LogP contribution < -0.4 is 4.72 Å². The lowest BCUT2D eigenvalue weighted by Crippen LogP contribution is -2.16. The molecule has 0 aliphatic heterocycles. The number of sulfonamides is 1. The molecule has 2 aromatic carbocycles. The van der Waals surface area contributed by atoms with Crippen molar-refractivity contribution in [1.82, 2.24) is 0 Å². The van der Waals surface area contributed by atoms with Gasteiger partial charge in [0.25, 0.3) is 10.0 Å². The molecule has 2 aromatic rings. The Bertz CT molecular complexity index is 791. The van der Waals surface area contributed by atoms with Crippen LogP contribution in [0.5, 0.6) is 0 Å². The maximum atomic E-state index is 13.6. The lowest BCUT2D eigenvalue weighted by atomic mass is 10.3. The Morgan fingerprint density at radius 2 is 1.62 bits per heavy atom. The smallest absolute Gasteiger partial charge is 0.263 e. The van der Waals surface area contributed by atoms with E-state index in [0.717, 1.165) is 24.3 Å². The van der Waals surface area contributed by atoms with Crippen molar-refractivity contribution in [2.75, 3.05) is 4.72 Å². The van der Waals surface area contributed by atoms with E-state index in [9.17, 15) is 21.6 Å². The summed E-state index contributed by atoms with van der Waals surface area (Å²) in [6.07, 6.45) is 0. The van der Waals surface area contributed by atoms with Crippen LogP contribution in [0.3, 0.4) is 0 Å². The highest BCUT2D eigenvalue weighted by Gasteiger charge is 2.22. The number of hydrogen-bond acceptors (Lipinski definition) is 2. The fourth-order valence-electron chi connectivity index (χ4n) is 1.51. The molecule has 2 rings (SSSR count). The van der Waals surface area contributed by atoms with Crippen LogP contribution in [-0.4, -0.2) is 8.42 Å². The van der Waals surface area contributed by atoms with Crippen molar-refractivity contribution in [2.45, 2.75) is 4.90 Å². The van der Waals surface area contributed by atoms with Crippen LogP contribution in [0.15, 0.2) is 39.7 Å². The van der Waals surface area contributed by atoms with Gasteiger partial charge in [-0.3, -0.25) is 4.72 Å². The Hall–Kier alpha value is -1.25. The van der Waals surface area contributed by atoms with Crippen LogP contribution in [0.2, 0.25) is 5.02 Å². The van der Waals surface area contributed by atoms with E-state index in [-0.39, 0.29) is 9.50 Å². The van der Waals surface area contributed by atoms with Crippen molar-refractivity contribution in [2.24, 2.45) is 0 Å². The van der Waals surface area contributed by atoms with E-state index in [4.69, 9.17) is 11.6 Å². The minimum Gasteiger partial charge on any atom is -0.274 e.